The van der Waals surface area contributed by atoms with E-state index < -0.39 is 0 Å². The number of nitrogens with zero attached hydrogens (tertiary/aromatic N) is 3. The molecule has 0 fully saturated rings. The molecule has 0 bridgehead atoms. The minimum absolute atomic E-state index is 0.114. The SMILES string of the molecule is CCCC(CC)Nc1nn(C)c(=O)c2cccnc12. The first-order chi connectivity index (χ1) is 9.17. The summed E-state index contributed by atoms with van der Waals surface area (Å²) in [5.41, 5.74) is 0.539. The summed E-state index contributed by atoms with van der Waals surface area (Å²) >= 11 is 0. The summed E-state index contributed by atoms with van der Waals surface area (Å²) in [5.74, 6) is 0.693. The first kappa shape index (κ1) is 13.5. The Morgan fingerprint density at radius 2 is 2.21 bits per heavy atom. The minimum atomic E-state index is -0.114. The van der Waals surface area contributed by atoms with Gasteiger partial charge in [-0.1, -0.05) is 20.3 Å². The average molecular weight is 260 g/mol. The van der Waals surface area contributed by atoms with E-state index in [2.05, 4.69) is 29.2 Å². The lowest BCUT2D eigenvalue weighted by molar-refractivity contribution is 0.614. The van der Waals surface area contributed by atoms with E-state index in [9.17, 15) is 4.79 Å². The van der Waals surface area contributed by atoms with Gasteiger partial charge in [-0.25, -0.2) is 4.68 Å². The summed E-state index contributed by atoms with van der Waals surface area (Å²) < 4.78 is 1.37. The number of nitrogens with one attached hydrogen (secondary N) is 1. The molecule has 0 aliphatic rings. The number of rotatable bonds is 5. The van der Waals surface area contributed by atoms with Crippen LogP contribution >= 0.6 is 0 Å². The minimum Gasteiger partial charge on any atom is -0.364 e. The highest BCUT2D eigenvalue weighted by Gasteiger charge is 2.12. The Balaban J connectivity index is 2.48. The third-order valence-corrected chi connectivity index (χ3v) is 3.28. The first-order valence-electron chi connectivity index (χ1n) is 6.76. The predicted octanol–water partition coefficient (Wildman–Crippen LogP) is 2.32. The van der Waals surface area contributed by atoms with Gasteiger partial charge in [-0.05, 0) is 25.0 Å². The summed E-state index contributed by atoms with van der Waals surface area (Å²) in [5, 5.41) is 8.31. The van der Waals surface area contributed by atoms with E-state index in [1.54, 1.807) is 25.4 Å². The Hall–Kier alpha value is -1.91. The van der Waals surface area contributed by atoms with Gasteiger partial charge in [0.2, 0.25) is 0 Å². The van der Waals surface area contributed by atoms with Gasteiger partial charge in [0.1, 0.15) is 5.52 Å². The van der Waals surface area contributed by atoms with E-state index in [0.717, 1.165) is 19.3 Å². The van der Waals surface area contributed by atoms with Crippen molar-refractivity contribution in [3.05, 3.63) is 28.7 Å². The maximum absolute atomic E-state index is 12.0. The predicted molar refractivity (Wildman–Crippen MR) is 77.4 cm³/mol. The van der Waals surface area contributed by atoms with Crippen LogP contribution in [-0.4, -0.2) is 20.8 Å². The number of fused-ring (bicyclic) bond motifs is 1. The van der Waals surface area contributed by atoms with Crippen molar-refractivity contribution in [2.75, 3.05) is 5.32 Å². The second-order valence-corrected chi connectivity index (χ2v) is 4.72. The summed E-state index contributed by atoms with van der Waals surface area (Å²) in [6.07, 6.45) is 4.90. The van der Waals surface area contributed by atoms with E-state index in [-0.39, 0.29) is 5.56 Å². The number of hydrogen-bond donors (Lipinski definition) is 1. The van der Waals surface area contributed by atoms with Crippen LogP contribution in [0.5, 0.6) is 0 Å². The number of anilines is 1. The van der Waals surface area contributed by atoms with Crippen LogP contribution in [0.15, 0.2) is 23.1 Å². The van der Waals surface area contributed by atoms with Crippen LogP contribution in [0.2, 0.25) is 0 Å². The molecular weight excluding hydrogens is 240 g/mol. The second kappa shape index (κ2) is 5.82. The molecule has 0 spiro atoms. The average Bonchev–Trinajstić information content (AvgIpc) is 2.44. The third kappa shape index (κ3) is 2.75. The summed E-state index contributed by atoms with van der Waals surface area (Å²) in [6.45, 7) is 4.31. The third-order valence-electron chi connectivity index (χ3n) is 3.28. The molecule has 2 heterocycles. The van der Waals surface area contributed by atoms with Crippen molar-refractivity contribution < 1.29 is 0 Å². The van der Waals surface area contributed by atoms with Crippen molar-refractivity contribution in [3.8, 4) is 0 Å². The van der Waals surface area contributed by atoms with Crippen LogP contribution in [0.4, 0.5) is 5.82 Å². The Morgan fingerprint density at radius 1 is 1.42 bits per heavy atom. The van der Waals surface area contributed by atoms with E-state index >= 15 is 0 Å². The lowest BCUT2D eigenvalue weighted by atomic mass is 10.1. The maximum Gasteiger partial charge on any atom is 0.276 e. The van der Waals surface area contributed by atoms with Gasteiger partial charge in [0, 0.05) is 19.3 Å². The van der Waals surface area contributed by atoms with Gasteiger partial charge in [-0.2, -0.15) is 5.10 Å². The Bertz CT molecular complexity index is 620. The lowest BCUT2D eigenvalue weighted by Crippen LogP contribution is -2.25. The highest BCUT2D eigenvalue weighted by atomic mass is 16.1. The van der Waals surface area contributed by atoms with E-state index in [0.29, 0.717) is 22.8 Å². The molecule has 5 nitrogen and oxygen atoms in total. The van der Waals surface area contributed by atoms with Gasteiger partial charge >= 0.3 is 0 Å². The molecule has 5 heteroatoms. The van der Waals surface area contributed by atoms with Gasteiger partial charge in [0.05, 0.1) is 5.39 Å². The van der Waals surface area contributed by atoms with Crippen LogP contribution in [0.1, 0.15) is 33.1 Å². The van der Waals surface area contributed by atoms with Crippen molar-refractivity contribution in [2.45, 2.75) is 39.2 Å². The van der Waals surface area contributed by atoms with Gasteiger partial charge < -0.3 is 5.32 Å². The van der Waals surface area contributed by atoms with Crippen LogP contribution in [0, 0.1) is 0 Å². The molecule has 0 aliphatic heterocycles. The fraction of sp³-hybridized carbons (Fsp3) is 0.500. The highest BCUT2D eigenvalue weighted by molar-refractivity contribution is 5.86. The van der Waals surface area contributed by atoms with E-state index in [4.69, 9.17) is 0 Å². The van der Waals surface area contributed by atoms with Crippen LogP contribution < -0.4 is 10.9 Å². The van der Waals surface area contributed by atoms with Crippen molar-refractivity contribution in [1.82, 2.24) is 14.8 Å². The van der Waals surface area contributed by atoms with E-state index in [1.165, 1.54) is 4.68 Å². The monoisotopic (exact) mass is 260 g/mol. The first-order valence-corrected chi connectivity index (χ1v) is 6.76. The Morgan fingerprint density at radius 3 is 2.89 bits per heavy atom. The lowest BCUT2D eigenvalue weighted by Gasteiger charge is -2.17. The number of aromatic nitrogens is 3. The molecule has 1 N–H and O–H groups in total. The fourth-order valence-corrected chi connectivity index (χ4v) is 2.20. The molecule has 102 valence electrons. The maximum atomic E-state index is 12.0. The molecule has 0 aliphatic carbocycles. The zero-order chi connectivity index (χ0) is 13.8. The van der Waals surface area contributed by atoms with Crippen LogP contribution in [-0.2, 0) is 7.05 Å². The molecule has 0 radical (unpaired) electrons. The summed E-state index contributed by atoms with van der Waals surface area (Å²) in [7, 11) is 1.67. The molecule has 2 rings (SSSR count). The molecule has 1 atom stereocenters. The molecule has 1 unspecified atom stereocenters. The van der Waals surface area contributed by atoms with Gasteiger partial charge in [0.15, 0.2) is 5.82 Å². The van der Waals surface area contributed by atoms with Crippen molar-refractivity contribution in [3.63, 3.8) is 0 Å². The second-order valence-electron chi connectivity index (χ2n) is 4.72. The molecule has 19 heavy (non-hydrogen) atoms. The number of hydrogen-bond acceptors (Lipinski definition) is 4. The van der Waals surface area contributed by atoms with Crippen LogP contribution in [0.25, 0.3) is 10.9 Å². The van der Waals surface area contributed by atoms with Crippen molar-refractivity contribution >= 4 is 16.7 Å². The smallest absolute Gasteiger partial charge is 0.276 e. The zero-order valence-corrected chi connectivity index (χ0v) is 11.7. The molecule has 0 aromatic carbocycles. The zero-order valence-electron chi connectivity index (χ0n) is 11.7. The Labute approximate surface area is 112 Å². The molecule has 2 aromatic heterocycles. The van der Waals surface area contributed by atoms with Crippen LogP contribution in [0.3, 0.4) is 0 Å². The fourth-order valence-electron chi connectivity index (χ4n) is 2.20. The quantitative estimate of drug-likeness (QED) is 0.896. The van der Waals surface area contributed by atoms with Crippen molar-refractivity contribution in [1.29, 1.82) is 0 Å². The topological polar surface area (TPSA) is 59.8 Å². The van der Waals surface area contributed by atoms with Gasteiger partial charge in [-0.15, -0.1) is 0 Å². The van der Waals surface area contributed by atoms with Crippen molar-refractivity contribution in [2.24, 2.45) is 7.05 Å². The largest absolute Gasteiger partial charge is 0.364 e. The standard InChI is InChI=1S/C14H20N4O/c1-4-7-10(5-2)16-13-12-11(8-6-9-15-12)14(19)18(3)17-13/h6,8-10H,4-5,7H2,1-3H3,(H,16,17). The molecule has 0 saturated heterocycles. The Kier molecular flexibility index (Phi) is 4.14. The number of pyridine rings is 1. The highest BCUT2D eigenvalue weighted by Crippen LogP contribution is 2.17. The number of aryl methyl sites for hydroxylation is 1. The molecule has 0 amide bonds. The molecular formula is C14H20N4O. The summed E-state index contributed by atoms with van der Waals surface area (Å²) in [6, 6.07) is 3.93. The summed E-state index contributed by atoms with van der Waals surface area (Å²) in [4.78, 5) is 16.3. The molecule has 0 saturated carbocycles. The van der Waals surface area contributed by atoms with Gasteiger partial charge in [-0.3, -0.25) is 9.78 Å². The molecule has 2 aromatic rings. The van der Waals surface area contributed by atoms with Gasteiger partial charge in [0.25, 0.3) is 5.56 Å². The normalized spacial score (nSPS) is 12.6. The van der Waals surface area contributed by atoms with E-state index in [1.807, 2.05) is 0 Å².